The number of alkyl halides is 3. The van der Waals surface area contributed by atoms with Crippen LogP contribution in [0.5, 0.6) is 0 Å². The van der Waals surface area contributed by atoms with Gasteiger partial charge in [0.1, 0.15) is 0 Å². The van der Waals surface area contributed by atoms with Crippen LogP contribution < -0.4 is 21.3 Å². The Hall–Kier alpha value is -2.60. The molecule has 1 aliphatic heterocycles. The van der Waals surface area contributed by atoms with Gasteiger partial charge in [0.2, 0.25) is 5.91 Å². The van der Waals surface area contributed by atoms with Gasteiger partial charge in [0.25, 0.3) is 5.91 Å². The zero-order valence-electron chi connectivity index (χ0n) is 18.0. The number of aliphatic imine (C=N–C) groups is 1. The van der Waals surface area contributed by atoms with Gasteiger partial charge in [-0.2, -0.15) is 13.2 Å². The number of benzene rings is 2. The molecule has 1 unspecified atom stereocenters. The van der Waals surface area contributed by atoms with Crippen molar-refractivity contribution in [3.8, 4) is 0 Å². The molecule has 1 aliphatic rings. The third-order valence-electron chi connectivity index (χ3n) is 4.90. The second-order valence-electron chi connectivity index (χ2n) is 7.49. The first kappa shape index (κ1) is 26.0. The van der Waals surface area contributed by atoms with Gasteiger partial charge < -0.3 is 21.3 Å². The normalized spacial score (nSPS) is 14.1. The quantitative estimate of drug-likeness (QED) is 0.372. The van der Waals surface area contributed by atoms with Gasteiger partial charge in [-0.1, -0.05) is 38.8 Å². The number of amides is 2. The smallest absolute Gasteiger partial charge is 0.354 e. The van der Waals surface area contributed by atoms with Crippen LogP contribution in [-0.2, 0) is 11.0 Å². The van der Waals surface area contributed by atoms with Crippen molar-refractivity contribution in [3.63, 3.8) is 0 Å². The monoisotopic (exact) mass is 603 g/mol. The first-order valence-corrected chi connectivity index (χ1v) is 11.9. The van der Waals surface area contributed by atoms with Gasteiger partial charge in [0.15, 0.2) is 5.96 Å². The van der Waals surface area contributed by atoms with E-state index in [1.807, 2.05) is 25.1 Å². The predicted molar refractivity (Wildman–Crippen MR) is 131 cm³/mol. The maximum absolute atomic E-state index is 13.4. The highest BCUT2D eigenvalue weighted by Crippen LogP contribution is 2.32. The molecule has 1 atom stereocenters. The number of rotatable bonds is 7. The lowest BCUT2D eigenvalue weighted by atomic mass is 10.0. The lowest BCUT2D eigenvalue weighted by Crippen LogP contribution is -2.38. The Morgan fingerprint density at radius 3 is 2.41 bits per heavy atom. The maximum atomic E-state index is 13.4. The fourth-order valence-corrected chi connectivity index (χ4v) is 4.65. The number of anilines is 1. The van der Waals surface area contributed by atoms with Crippen molar-refractivity contribution in [3.05, 3.63) is 62.0 Å². The summed E-state index contributed by atoms with van der Waals surface area (Å²) >= 11 is 6.82. The van der Waals surface area contributed by atoms with Crippen molar-refractivity contribution >= 4 is 55.3 Å². The van der Waals surface area contributed by atoms with Crippen LogP contribution >= 0.6 is 31.9 Å². The van der Waals surface area contributed by atoms with Gasteiger partial charge >= 0.3 is 6.18 Å². The van der Waals surface area contributed by atoms with Crippen LogP contribution in [0, 0.1) is 0 Å². The van der Waals surface area contributed by atoms with Crippen LogP contribution in [0.15, 0.2) is 50.3 Å². The summed E-state index contributed by atoms with van der Waals surface area (Å²) in [6.45, 7) is 2.58. The SMILES string of the molecule is CCC(NC(=O)CNC(=O)c1cc(NC2=NCCN2)cc(C(F)(F)F)c1)c1cc(Br)cc(Br)c1. The largest absolute Gasteiger partial charge is 0.416 e. The first-order valence-electron chi connectivity index (χ1n) is 10.4. The number of guanidine groups is 1. The van der Waals surface area contributed by atoms with Gasteiger partial charge in [0, 0.05) is 26.7 Å². The van der Waals surface area contributed by atoms with E-state index in [9.17, 15) is 22.8 Å². The summed E-state index contributed by atoms with van der Waals surface area (Å²) in [6, 6.07) is 8.23. The molecular weight excluding hydrogens is 583 g/mol. The zero-order valence-corrected chi connectivity index (χ0v) is 21.2. The average Bonchev–Trinajstić information content (AvgIpc) is 3.27. The van der Waals surface area contributed by atoms with Crippen molar-refractivity contribution in [2.45, 2.75) is 25.6 Å². The van der Waals surface area contributed by atoms with E-state index in [1.165, 1.54) is 6.07 Å². The number of halogens is 5. The van der Waals surface area contributed by atoms with E-state index < -0.39 is 30.1 Å². The average molecular weight is 605 g/mol. The van der Waals surface area contributed by atoms with Gasteiger partial charge in [-0.05, 0) is 48.4 Å². The van der Waals surface area contributed by atoms with Crippen LogP contribution in [-0.4, -0.2) is 37.4 Å². The summed E-state index contributed by atoms with van der Waals surface area (Å²) in [4.78, 5) is 29.1. The van der Waals surface area contributed by atoms with Crippen molar-refractivity contribution < 1.29 is 22.8 Å². The number of hydrogen-bond donors (Lipinski definition) is 4. The van der Waals surface area contributed by atoms with Gasteiger partial charge in [-0.25, -0.2) is 0 Å². The van der Waals surface area contributed by atoms with E-state index in [0.29, 0.717) is 25.5 Å². The van der Waals surface area contributed by atoms with Gasteiger partial charge in [0.05, 0.1) is 24.7 Å². The molecule has 2 amide bonds. The second kappa shape index (κ2) is 11.2. The Morgan fingerprint density at radius 1 is 1.12 bits per heavy atom. The molecule has 7 nitrogen and oxygen atoms in total. The standard InChI is InChI=1S/C22H22Br2F3N5O2/c1-2-18(12-6-15(23)10-16(24)7-12)32-19(33)11-30-20(34)13-5-14(22(25,26)27)9-17(8-13)31-21-28-3-4-29-21/h5-10,18H,2-4,11H2,1H3,(H,30,34)(H,32,33)(H2,28,29,31). The summed E-state index contributed by atoms with van der Waals surface area (Å²) in [6.07, 6.45) is -4.05. The van der Waals surface area contributed by atoms with E-state index in [0.717, 1.165) is 26.6 Å². The van der Waals surface area contributed by atoms with Crippen LogP contribution in [0.4, 0.5) is 18.9 Å². The fourth-order valence-electron chi connectivity index (χ4n) is 3.32. The van der Waals surface area contributed by atoms with Gasteiger partial charge in [-0.15, -0.1) is 0 Å². The molecular formula is C22H22Br2F3N5O2. The highest BCUT2D eigenvalue weighted by molar-refractivity contribution is 9.11. The fraction of sp³-hybridized carbons (Fsp3) is 0.318. The maximum Gasteiger partial charge on any atom is 0.416 e. The molecule has 3 rings (SSSR count). The van der Waals surface area contributed by atoms with Crippen molar-refractivity contribution in [1.29, 1.82) is 0 Å². The topological polar surface area (TPSA) is 94.6 Å². The molecule has 4 N–H and O–H groups in total. The Morgan fingerprint density at radius 2 is 1.82 bits per heavy atom. The molecule has 2 aromatic rings. The molecule has 12 heteroatoms. The second-order valence-corrected chi connectivity index (χ2v) is 9.32. The first-order chi connectivity index (χ1) is 16.0. The molecule has 0 saturated carbocycles. The van der Waals surface area contributed by atoms with E-state index >= 15 is 0 Å². The number of nitrogens with one attached hydrogen (secondary N) is 4. The lowest BCUT2D eigenvalue weighted by molar-refractivity contribution is -0.137. The summed E-state index contributed by atoms with van der Waals surface area (Å²) in [5.41, 5.74) is -0.298. The van der Waals surface area contributed by atoms with E-state index in [2.05, 4.69) is 58.1 Å². The van der Waals surface area contributed by atoms with E-state index in [-0.39, 0.29) is 17.3 Å². The minimum atomic E-state index is -4.65. The molecule has 0 radical (unpaired) electrons. The van der Waals surface area contributed by atoms with E-state index in [4.69, 9.17) is 0 Å². The lowest BCUT2D eigenvalue weighted by Gasteiger charge is -2.19. The summed E-state index contributed by atoms with van der Waals surface area (Å²) in [5, 5.41) is 10.9. The van der Waals surface area contributed by atoms with E-state index in [1.54, 1.807) is 0 Å². The van der Waals surface area contributed by atoms with Crippen LogP contribution in [0.1, 0.15) is 40.9 Å². The molecule has 0 aromatic heterocycles. The third-order valence-corrected chi connectivity index (χ3v) is 5.82. The molecule has 0 bridgehead atoms. The molecule has 0 saturated heterocycles. The molecule has 0 spiro atoms. The highest BCUT2D eigenvalue weighted by atomic mass is 79.9. The molecule has 34 heavy (non-hydrogen) atoms. The summed E-state index contributed by atoms with van der Waals surface area (Å²) in [7, 11) is 0. The zero-order chi connectivity index (χ0) is 24.9. The number of carbonyl (C=O) groups excluding carboxylic acids is 2. The number of hydrogen-bond acceptors (Lipinski definition) is 5. The van der Waals surface area contributed by atoms with Crippen LogP contribution in [0.2, 0.25) is 0 Å². The summed E-state index contributed by atoms with van der Waals surface area (Å²) < 4.78 is 41.8. The minimum absolute atomic E-state index is 0.0591. The summed E-state index contributed by atoms with van der Waals surface area (Å²) in [5.74, 6) is -0.940. The molecule has 2 aromatic carbocycles. The third kappa shape index (κ3) is 7.20. The molecule has 182 valence electrons. The Bertz CT molecular complexity index is 1090. The highest BCUT2D eigenvalue weighted by Gasteiger charge is 2.32. The van der Waals surface area contributed by atoms with Crippen molar-refractivity contribution in [1.82, 2.24) is 16.0 Å². The molecule has 0 fully saturated rings. The predicted octanol–water partition coefficient (Wildman–Crippen LogP) is 4.60. The Labute approximate surface area is 211 Å². The van der Waals surface area contributed by atoms with Gasteiger partial charge in [-0.3, -0.25) is 14.6 Å². The van der Waals surface area contributed by atoms with Crippen molar-refractivity contribution in [2.24, 2.45) is 4.99 Å². The molecule has 1 heterocycles. The number of carbonyl (C=O) groups is 2. The Balaban J connectivity index is 1.68. The van der Waals surface area contributed by atoms with Crippen LogP contribution in [0.25, 0.3) is 0 Å². The minimum Gasteiger partial charge on any atom is -0.354 e. The molecule has 0 aliphatic carbocycles. The number of nitrogens with zero attached hydrogens (tertiary/aromatic N) is 1. The van der Waals surface area contributed by atoms with Crippen molar-refractivity contribution in [2.75, 3.05) is 25.0 Å². The van der Waals surface area contributed by atoms with Crippen LogP contribution in [0.3, 0.4) is 0 Å². The Kier molecular flexibility index (Phi) is 8.58.